The van der Waals surface area contributed by atoms with E-state index in [9.17, 15) is 15.3 Å². The Morgan fingerprint density at radius 1 is 1.46 bits per heavy atom. The minimum Gasteiger partial charge on any atom is -0.758 e. The van der Waals surface area contributed by atoms with Gasteiger partial charge in [-0.05, 0) is 12.0 Å². The Balaban J connectivity index is 2.47. The molecule has 68 valence electrons. The summed E-state index contributed by atoms with van der Waals surface area (Å²) in [5, 5.41) is 22.3. The van der Waals surface area contributed by atoms with Crippen molar-refractivity contribution in [2.45, 2.75) is 6.42 Å². The van der Waals surface area contributed by atoms with Gasteiger partial charge >= 0.3 is 0 Å². The molecule has 5 heteroatoms. The fraction of sp³-hybridized carbons (Fsp3) is 0.250. The molecule has 0 bridgehead atoms. The van der Waals surface area contributed by atoms with Gasteiger partial charge in [0.15, 0.2) is 0 Å². The number of rotatable bonds is 1. The molecule has 1 aromatic carbocycles. The monoisotopic (exact) mass is 179 g/mol. The summed E-state index contributed by atoms with van der Waals surface area (Å²) in [5.41, 5.74) is 1.30. The van der Waals surface area contributed by atoms with E-state index in [0.29, 0.717) is 18.7 Å². The van der Waals surface area contributed by atoms with Crippen molar-refractivity contribution >= 4 is 11.4 Å². The van der Waals surface area contributed by atoms with Gasteiger partial charge in [-0.15, -0.1) is 0 Å². The van der Waals surface area contributed by atoms with Crippen molar-refractivity contribution in [3.05, 3.63) is 39.1 Å². The van der Waals surface area contributed by atoms with E-state index in [1.54, 1.807) is 6.07 Å². The van der Waals surface area contributed by atoms with Crippen LogP contribution in [0.25, 0.3) is 0 Å². The largest absolute Gasteiger partial charge is 0.758 e. The normalized spacial score (nSPS) is 14.4. The molecule has 0 atom stereocenters. The zero-order valence-corrected chi connectivity index (χ0v) is 6.77. The summed E-state index contributed by atoms with van der Waals surface area (Å²) in [6, 6.07) is 4.40. The first-order valence-electron chi connectivity index (χ1n) is 3.90. The maximum absolute atomic E-state index is 11.1. The van der Waals surface area contributed by atoms with E-state index in [2.05, 4.69) is 0 Å². The molecule has 1 aliphatic heterocycles. The molecular weight excluding hydrogens is 172 g/mol. The van der Waals surface area contributed by atoms with Crippen LogP contribution in [0.2, 0.25) is 0 Å². The second-order valence-electron chi connectivity index (χ2n) is 2.92. The number of nitro groups is 1. The van der Waals surface area contributed by atoms with E-state index in [-0.39, 0.29) is 5.69 Å². The van der Waals surface area contributed by atoms with Crippen molar-refractivity contribution in [1.29, 1.82) is 0 Å². The Kier molecular flexibility index (Phi) is 1.66. The number of hydroxylamine groups is 1. The molecule has 1 heterocycles. The lowest BCUT2D eigenvalue weighted by atomic mass is 10.1. The van der Waals surface area contributed by atoms with Crippen LogP contribution in [0.4, 0.5) is 11.4 Å². The van der Waals surface area contributed by atoms with E-state index < -0.39 is 4.92 Å². The Bertz CT molecular complexity index is 364. The lowest BCUT2D eigenvalue weighted by molar-refractivity contribution is -0.384. The highest BCUT2D eigenvalue weighted by molar-refractivity contribution is 5.62. The number of anilines is 1. The molecule has 0 aliphatic carbocycles. The first-order valence-corrected chi connectivity index (χ1v) is 3.90. The van der Waals surface area contributed by atoms with Gasteiger partial charge in [0.05, 0.1) is 4.92 Å². The van der Waals surface area contributed by atoms with Crippen LogP contribution in [-0.2, 0) is 6.42 Å². The van der Waals surface area contributed by atoms with Gasteiger partial charge in [-0.1, -0.05) is 6.07 Å². The molecule has 13 heavy (non-hydrogen) atoms. The second-order valence-corrected chi connectivity index (χ2v) is 2.92. The van der Waals surface area contributed by atoms with E-state index in [0.717, 1.165) is 10.6 Å². The van der Waals surface area contributed by atoms with Gasteiger partial charge < -0.3 is 10.3 Å². The van der Waals surface area contributed by atoms with Crippen LogP contribution >= 0.6 is 0 Å². The molecular formula is C8H7N2O3-. The zero-order valence-electron chi connectivity index (χ0n) is 6.77. The van der Waals surface area contributed by atoms with Gasteiger partial charge in [-0.3, -0.25) is 10.1 Å². The summed E-state index contributed by atoms with van der Waals surface area (Å²) < 4.78 is 0. The number of nitrogens with zero attached hydrogens (tertiary/aromatic N) is 2. The maximum Gasteiger partial charge on any atom is 0.271 e. The van der Waals surface area contributed by atoms with Crippen molar-refractivity contribution in [1.82, 2.24) is 0 Å². The van der Waals surface area contributed by atoms with E-state index in [1.165, 1.54) is 12.1 Å². The van der Waals surface area contributed by atoms with E-state index in [1.807, 2.05) is 0 Å². The molecule has 2 rings (SSSR count). The van der Waals surface area contributed by atoms with Gasteiger partial charge in [0.1, 0.15) is 0 Å². The number of fused-ring (bicyclic) bond motifs is 1. The third-order valence-corrected chi connectivity index (χ3v) is 2.13. The van der Waals surface area contributed by atoms with Gasteiger partial charge in [-0.2, -0.15) is 0 Å². The van der Waals surface area contributed by atoms with E-state index in [4.69, 9.17) is 0 Å². The SMILES string of the molecule is O=[N+]([O-])c1ccc2c(c1)N([O-])CC2. The van der Waals surface area contributed by atoms with Gasteiger partial charge in [0.25, 0.3) is 5.69 Å². The molecule has 1 aliphatic rings. The molecule has 0 fully saturated rings. The summed E-state index contributed by atoms with van der Waals surface area (Å²) in [5.74, 6) is 0. The summed E-state index contributed by atoms with van der Waals surface area (Å²) in [6.45, 7) is 0.399. The average molecular weight is 179 g/mol. The molecule has 1 aromatic rings. The van der Waals surface area contributed by atoms with Crippen LogP contribution in [0.3, 0.4) is 0 Å². The van der Waals surface area contributed by atoms with Crippen molar-refractivity contribution in [3.63, 3.8) is 0 Å². The predicted octanol–water partition coefficient (Wildman–Crippen LogP) is 1.46. The van der Waals surface area contributed by atoms with Gasteiger partial charge in [-0.25, -0.2) is 0 Å². The van der Waals surface area contributed by atoms with Crippen LogP contribution in [-0.4, -0.2) is 11.5 Å². The summed E-state index contributed by atoms with van der Waals surface area (Å²) in [6.07, 6.45) is 0.677. The zero-order chi connectivity index (χ0) is 9.42. The number of nitro benzene ring substituents is 1. The van der Waals surface area contributed by atoms with Crippen LogP contribution in [0.1, 0.15) is 5.56 Å². The Labute approximate surface area is 74.3 Å². The van der Waals surface area contributed by atoms with Crippen molar-refractivity contribution < 1.29 is 4.92 Å². The number of benzene rings is 1. The predicted molar refractivity (Wildman–Crippen MR) is 47.5 cm³/mol. The number of hydrogen-bond donors (Lipinski definition) is 0. The summed E-state index contributed by atoms with van der Waals surface area (Å²) in [4.78, 5) is 9.90. The lowest BCUT2D eigenvalue weighted by Gasteiger charge is -2.24. The number of non-ortho nitro benzene ring substituents is 1. The fourth-order valence-electron chi connectivity index (χ4n) is 1.45. The summed E-state index contributed by atoms with van der Waals surface area (Å²) >= 11 is 0. The second kappa shape index (κ2) is 2.70. The van der Waals surface area contributed by atoms with Crippen molar-refractivity contribution in [2.24, 2.45) is 0 Å². The third-order valence-electron chi connectivity index (χ3n) is 2.13. The van der Waals surface area contributed by atoms with Crippen LogP contribution in [0, 0.1) is 15.3 Å². The standard InChI is InChI=1S/C8H7N2O3/c11-9-4-3-6-1-2-7(10(12)13)5-8(6)9/h1-2,5H,3-4H2/q-1. The molecule has 0 saturated carbocycles. The highest BCUT2D eigenvalue weighted by Gasteiger charge is 2.16. The highest BCUT2D eigenvalue weighted by atomic mass is 16.6. The van der Waals surface area contributed by atoms with Crippen molar-refractivity contribution in [2.75, 3.05) is 11.6 Å². The molecule has 0 N–H and O–H groups in total. The molecule has 0 spiro atoms. The van der Waals surface area contributed by atoms with E-state index >= 15 is 0 Å². The molecule has 0 saturated heterocycles. The van der Waals surface area contributed by atoms with Crippen LogP contribution < -0.4 is 5.06 Å². The fourth-order valence-corrected chi connectivity index (χ4v) is 1.45. The number of hydrogen-bond acceptors (Lipinski definition) is 4. The Hall–Kier alpha value is -1.62. The minimum atomic E-state index is -0.494. The smallest absolute Gasteiger partial charge is 0.271 e. The summed E-state index contributed by atoms with van der Waals surface area (Å²) in [7, 11) is 0. The van der Waals surface area contributed by atoms with Gasteiger partial charge in [0, 0.05) is 24.4 Å². The molecule has 5 nitrogen and oxygen atoms in total. The average Bonchev–Trinajstić information content (AvgIpc) is 2.47. The molecule has 0 unspecified atom stereocenters. The topological polar surface area (TPSA) is 69.4 Å². The molecule has 0 radical (unpaired) electrons. The first kappa shape index (κ1) is 8.00. The van der Waals surface area contributed by atoms with Crippen molar-refractivity contribution in [3.8, 4) is 0 Å². The molecule has 0 amide bonds. The molecule has 0 aromatic heterocycles. The quantitative estimate of drug-likeness (QED) is 0.483. The van der Waals surface area contributed by atoms with Crippen LogP contribution in [0.15, 0.2) is 18.2 Å². The first-order chi connectivity index (χ1) is 6.18. The Morgan fingerprint density at radius 2 is 2.23 bits per heavy atom. The maximum atomic E-state index is 11.1. The Morgan fingerprint density at radius 3 is 2.92 bits per heavy atom. The highest BCUT2D eigenvalue weighted by Crippen LogP contribution is 2.30. The third kappa shape index (κ3) is 1.23. The minimum absolute atomic E-state index is 0.0264. The van der Waals surface area contributed by atoms with Gasteiger partial charge in [0.2, 0.25) is 0 Å². The lowest BCUT2D eigenvalue weighted by Crippen LogP contribution is -2.09. The van der Waals surface area contributed by atoms with Crippen LogP contribution in [0.5, 0.6) is 0 Å².